The van der Waals surface area contributed by atoms with Gasteiger partial charge < -0.3 is 24.4 Å². The van der Waals surface area contributed by atoms with Crippen LogP contribution in [0.5, 0.6) is 0 Å². The van der Waals surface area contributed by atoms with E-state index < -0.39 is 35.0 Å². The second-order valence-electron chi connectivity index (χ2n) is 10.8. The number of para-hydroxylation sites is 1. The number of hydrogen-bond acceptors (Lipinski definition) is 6. The Hall–Kier alpha value is -2.71. The highest BCUT2D eigenvalue weighted by Gasteiger charge is 2.78. The second kappa shape index (κ2) is 10.6. The normalized spacial score (nSPS) is 29.9. The molecule has 8 heteroatoms. The van der Waals surface area contributed by atoms with Crippen molar-refractivity contribution in [3.8, 4) is 0 Å². The third kappa shape index (κ3) is 4.38. The molecule has 1 N–H and O–H groups in total. The highest BCUT2D eigenvalue weighted by Crippen LogP contribution is 2.63. The summed E-state index contributed by atoms with van der Waals surface area (Å²) in [5.41, 5.74) is 0.774. The first-order chi connectivity index (χ1) is 17.7. The summed E-state index contributed by atoms with van der Waals surface area (Å²) < 4.78 is 12.1. The highest BCUT2D eigenvalue weighted by atomic mass is 16.6. The maximum Gasteiger partial charge on any atom is 0.312 e. The Balaban J connectivity index is 1.79. The number of aliphatic hydroxyl groups excluding tert-OH is 1. The van der Waals surface area contributed by atoms with E-state index in [1.807, 2.05) is 39.0 Å². The number of benzene rings is 1. The van der Waals surface area contributed by atoms with Gasteiger partial charge in [-0.25, -0.2) is 0 Å². The summed E-state index contributed by atoms with van der Waals surface area (Å²) in [5.74, 6) is -2.39. The minimum absolute atomic E-state index is 0.0783. The summed E-state index contributed by atoms with van der Waals surface area (Å²) in [7, 11) is 0. The second-order valence-corrected chi connectivity index (χ2v) is 10.8. The first-order valence-electron chi connectivity index (χ1n) is 13.4. The summed E-state index contributed by atoms with van der Waals surface area (Å²) in [5, 5.41) is 9.23. The fourth-order valence-corrected chi connectivity index (χ4v) is 6.91. The number of aryl methyl sites for hydroxylation is 2. The summed E-state index contributed by atoms with van der Waals surface area (Å²) in [4.78, 5) is 45.1. The van der Waals surface area contributed by atoms with Gasteiger partial charge in [-0.3, -0.25) is 14.4 Å². The van der Waals surface area contributed by atoms with Crippen molar-refractivity contribution in [2.75, 3.05) is 31.2 Å². The van der Waals surface area contributed by atoms with Crippen molar-refractivity contribution in [3.05, 3.63) is 42.0 Å². The van der Waals surface area contributed by atoms with Crippen molar-refractivity contribution in [1.29, 1.82) is 0 Å². The van der Waals surface area contributed by atoms with E-state index in [2.05, 4.69) is 6.58 Å². The Kier molecular flexibility index (Phi) is 7.81. The van der Waals surface area contributed by atoms with Gasteiger partial charge in [0.15, 0.2) is 0 Å². The highest BCUT2D eigenvalue weighted by molar-refractivity contribution is 6.05. The van der Waals surface area contributed by atoms with E-state index in [1.54, 1.807) is 22.8 Å². The van der Waals surface area contributed by atoms with Crippen molar-refractivity contribution in [1.82, 2.24) is 4.90 Å². The van der Waals surface area contributed by atoms with Crippen molar-refractivity contribution < 1.29 is 29.0 Å². The third-order valence-electron chi connectivity index (χ3n) is 8.40. The number of unbranched alkanes of at least 4 members (excludes halogenated alkanes) is 2. The molecule has 37 heavy (non-hydrogen) atoms. The number of likely N-dealkylation sites (tertiary alicyclic amines) is 1. The Morgan fingerprint density at radius 2 is 1.95 bits per heavy atom. The van der Waals surface area contributed by atoms with Crippen LogP contribution in [0.4, 0.5) is 5.69 Å². The molecule has 3 aliphatic heterocycles. The van der Waals surface area contributed by atoms with Crippen LogP contribution in [0.2, 0.25) is 0 Å². The van der Waals surface area contributed by atoms with Crippen LogP contribution in [0.3, 0.4) is 0 Å². The maximum absolute atomic E-state index is 14.6. The Morgan fingerprint density at radius 1 is 1.24 bits per heavy atom. The monoisotopic (exact) mass is 512 g/mol. The zero-order chi connectivity index (χ0) is 27.0. The maximum atomic E-state index is 14.6. The molecule has 3 aliphatic rings. The number of ether oxygens (including phenoxy) is 2. The summed E-state index contributed by atoms with van der Waals surface area (Å²) in [6.45, 7) is 12.4. The molecule has 3 heterocycles. The zero-order valence-corrected chi connectivity index (χ0v) is 22.5. The molecule has 5 atom stereocenters. The largest absolute Gasteiger partial charge is 0.466 e. The average Bonchev–Trinajstić information content (AvgIpc) is 3.41. The van der Waals surface area contributed by atoms with E-state index in [1.165, 1.54) is 0 Å². The molecule has 1 spiro atoms. The third-order valence-corrected chi connectivity index (χ3v) is 8.40. The molecule has 2 unspecified atom stereocenters. The zero-order valence-electron chi connectivity index (χ0n) is 22.5. The van der Waals surface area contributed by atoms with Crippen LogP contribution in [0.1, 0.15) is 57.1 Å². The molecule has 0 radical (unpaired) electrons. The average molecular weight is 513 g/mol. The number of carbonyl (C=O) groups is 3. The van der Waals surface area contributed by atoms with E-state index in [0.717, 1.165) is 23.2 Å². The fraction of sp³-hybridized carbons (Fsp3) is 0.621. The van der Waals surface area contributed by atoms with Crippen molar-refractivity contribution in [3.63, 3.8) is 0 Å². The molecule has 3 saturated heterocycles. The van der Waals surface area contributed by atoms with Gasteiger partial charge >= 0.3 is 5.97 Å². The van der Waals surface area contributed by atoms with Crippen LogP contribution in [-0.4, -0.2) is 71.3 Å². The quantitative estimate of drug-likeness (QED) is 0.278. The lowest BCUT2D eigenvalue weighted by Crippen LogP contribution is -2.56. The minimum Gasteiger partial charge on any atom is -0.466 e. The minimum atomic E-state index is -1.09. The summed E-state index contributed by atoms with van der Waals surface area (Å²) in [6, 6.07) is 5.03. The van der Waals surface area contributed by atoms with Crippen LogP contribution in [0, 0.1) is 25.7 Å². The SMILES string of the molecule is C=CCN(C(=O)C1N(CCCCCO)C(=O)[C@@H]2[C@H](C(=O)OCC)[C@]3(C)CCC12O3)c1c(C)cccc1C. The summed E-state index contributed by atoms with van der Waals surface area (Å²) in [6.07, 6.45) is 4.79. The first kappa shape index (κ1) is 27.3. The van der Waals surface area contributed by atoms with Gasteiger partial charge in [0.05, 0.1) is 18.1 Å². The molecule has 8 nitrogen and oxygen atoms in total. The standard InChI is InChI=1S/C29H40N2O6/c1-6-16-30(23-19(3)12-11-13-20(23)4)26(34)24-29-15-14-28(5,37-29)22(27(35)36-7-2)21(29)25(33)31(24)17-9-8-10-18-32/h6,11-13,21-22,24,32H,1,7-10,14-18H2,2-5H3/t21-,22+,24?,28-,29?/m0/s1. The number of esters is 1. The van der Waals surface area contributed by atoms with Gasteiger partial charge in [-0.2, -0.15) is 0 Å². The van der Waals surface area contributed by atoms with Gasteiger partial charge in [-0.15, -0.1) is 6.58 Å². The first-order valence-corrected chi connectivity index (χ1v) is 13.4. The number of nitrogens with zero attached hydrogens (tertiary/aromatic N) is 2. The molecule has 4 rings (SSSR count). The van der Waals surface area contributed by atoms with E-state index in [0.29, 0.717) is 32.2 Å². The van der Waals surface area contributed by atoms with Crippen molar-refractivity contribution >= 4 is 23.5 Å². The molecule has 202 valence electrons. The van der Waals surface area contributed by atoms with Gasteiger partial charge in [-0.1, -0.05) is 24.3 Å². The van der Waals surface area contributed by atoms with Crippen molar-refractivity contribution in [2.24, 2.45) is 11.8 Å². The molecular formula is C29H40N2O6. The molecule has 2 amide bonds. The lowest BCUT2D eigenvalue weighted by molar-refractivity contribution is -0.159. The molecule has 0 aromatic heterocycles. The number of aliphatic hydroxyl groups is 1. The lowest BCUT2D eigenvalue weighted by Gasteiger charge is -2.37. The van der Waals surface area contributed by atoms with Crippen LogP contribution in [0.15, 0.2) is 30.9 Å². The Morgan fingerprint density at radius 3 is 2.57 bits per heavy atom. The number of carbonyl (C=O) groups excluding carboxylic acids is 3. The van der Waals surface area contributed by atoms with Crippen LogP contribution in [0.25, 0.3) is 0 Å². The predicted molar refractivity (Wildman–Crippen MR) is 140 cm³/mol. The molecule has 3 fully saturated rings. The molecule has 1 aromatic carbocycles. The number of anilines is 1. The van der Waals surface area contributed by atoms with Crippen LogP contribution in [-0.2, 0) is 23.9 Å². The fourth-order valence-electron chi connectivity index (χ4n) is 6.91. The number of fused-ring (bicyclic) bond motifs is 1. The van der Waals surface area contributed by atoms with Gasteiger partial charge in [0, 0.05) is 25.4 Å². The lowest BCUT2D eigenvalue weighted by atomic mass is 9.66. The van der Waals surface area contributed by atoms with E-state index in [-0.39, 0.29) is 31.6 Å². The van der Waals surface area contributed by atoms with Crippen molar-refractivity contribution in [2.45, 2.75) is 77.0 Å². The van der Waals surface area contributed by atoms with Gasteiger partial charge in [0.25, 0.3) is 5.91 Å². The van der Waals surface area contributed by atoms with Crippen LogP contribution < -0.4 is 4.90 Å². The van der Waals surface area contributed by atoms with E-state index >= 15 is 0 Å². The van der Waals surface area contributed by atoms with Gasteiger partial charge in [-0.05, 0) is 70.9 Å². The topological polar surface area (TPSA) is 96.4 Å². The van der Waals surface area contributed by atoms with Gasteiger partial charge in [0.2, 0.25) is 5.91 Å². The van der Waals surface area contributed by atoms with Crippen LogP contribution >= 0.6 is 0 Å². The number of rotatable bonds is 11. The smallest absolute Gasteiger partial charge is 0.312 e. The molecule has 1 aromatic rings. The van der Waals surface area contributed by atoms with E-state index in [4.69, 9.17) is 9.47 Å². The number of hydrogen-bond donors (Lipinski definition) is 1. The Bertz CT molecular complexity index is 1050. The van der Waals surface area contributed by atoms with E-state index in [9.17, 15) is 19.5 Å². The number of amides is 2. The molecule has 0 saturated carbocycles. The predicted octanol–water partition coefficient (Wildman–Crippen LogP) is 3.31. The summed E-state index contributed by atoms with van der Waals surface area (Å²) >= 11 is 0. The van der Waals surface area contributed by atoms with Gasteiger partial charge in [0.1, 0.15) is 17.6 Å². The molecule has 2 bridgehead atoms. The molecule has 0 aliphatic carbocycles. The molecular weight excluding hydrogens is 472 g/mol. The Labute approximate surface area is 219 Å².